The van der Waals surface area contributed by atoms with E-state index in [2.05, 4.69) is 15.5 Å². The summed E-state index contributed by atoms with van der Waals surface area (Å²) < 4.78 is 7.86. The van der Waals surface area contributed by atoms with Gasteiger partial charge in [0.25, 0.3) is 0 Å². The van der Waals surface area contributed by atoms with E-state index in [0.717, 1.165) is 5.56 Å². The normalized spacial score (nSPS) is 10.6. The molecule has 3 rings (SSSR count). The maximum Gasteiger partial charge on any atom is 0.350 e. The first-order chi connectivity index (χ1) is 13.4. The van der Waals surface area contributed by atoms with Crippen molar-refractivity contribution in [3.8, 4) is 5.88 Å². The fourth-order valence-electron chi connectivity index (χ4n) is 2.51. The number of aryl methyl sites for hydroxylation is 1. The topological polar surface area (TPSA) is 117 Å². The van der Waals surface area contributed by atoms with Gasteiger partial charge in [0, 0.05) is 17.6 Å². The van der Waals surface area contributed by atoms with Crippen molar-refractivity contribution in [2.45, 2.75) is 19.5 Å². The van der Waals surface area contributed by atoms with E-state index < -0.39 is 4.92 Å². The number of ether oxygens (including phenoxy) is 1. The van der Waals surface area contributed by atoms with Crippen LogP contribution in [-0.4, -0.2) is 37.5 Å². The standard InChI is InChI=1S/C17H17ClN6O4/c1-28-17-15(24(26)27)11-22(21-17)7-6-16(25)20-14-8-19-23(10-14)9-12-2-4-13(18)5-3-12/h2-5,8,10-11H,6-7,9H2,1H3,(H,20,25). The lowest BCUT2D eigenvalue weighted by Gasteiger charge is -2.03. The number of hydrogen-bond donors (Lipinski definition) is 1. The molecule has 2 aromatic heterocycles. The number of halogens is 1. The maximum absolute atomic E-state index is 12.1. The molecular weight excluding hydrogens is 388 g/mol. The van der Waals surface area contributed by atoms with Crippen LogP contribution in [0, 0.1) is 10.1 Å². The smallest absolute Gasteiger partial charge is 0.350 e. The van der Waals surface area contributed by atoms with Crippen LogP contribution in [0.25, 0.3) is 0 Å². The van der Waals surface area contributed by atoms with Gasteiger partial charge in [0.15, 0.2) is 0 Å². The molecule has 0 aliphatic heterocycles. The number of carbonyl (C=O) groups is 1. The molecule has 0 atom stereocenters. The van der Waals surface area contributed by atoms with Crippen LogP contribution in [0.2, 0.25) is 5.02 Å². The molecule has 10 nitrogen and oxygen atoms in total. The number of benzene rings is 1. The SMILES string of the molecule is COc1nn(CCC(=O)Nc2cnn(Cc3ccc(Cl)cc3)c2)cc1[N+](=O)[O-]. The highest BCUT2D eigenvalue weighted by Gasteiger charge is 2.20. The molecule has 1 N–H and O–H groups in total. The van der Waals surface area contributed by atoms with Crippen LogP contribution in [0.4, 0.5) is 11.4 Å². The van der Waals surface area contributed by atoms with E-state index in [0.29, 0.717) is 17.3 Å². The molecule has 0 aliphatic rings. The van der Waals surface area contributed by atoms with Crippen molar-refractivity contribution >= 4 is 28.9 Å². The molecule has 28 heavy (non-hydrogen) atoms. The average molecular weight is 405 g/mol. The van der Waals surface area contributed by atoms with Crippen LogP contribution in [0.1, 0.15) is 12.0 Å². The van der Waals surface area contributed by atoms with Crippen molar-refractivity contribution in [3.63, 3.8) is 0 Å². The van der Waals surface area contributed by atoms with Crippen molar-refractivity contribution in [1.29, 1.82) is 0 Å². The van der Waals surface area contributed by atoms with Gasteiger partial charge in [0.05, 0.1) is 37.0 Å². The van der Waals surface area contributed by atoms with Gasteiger partial charge >= 0.3 is 11.6 Å². The molecule has 0 bridgehead atoms. The van der Waals surface area contributed by atoms with Crippen molar-refractivity contribution in [3.05, 3.63) is 63.6 Å². The van der Waals surface area contributed by atoms with Gasteiger partial charge < -0.3 is 10.1 Å². The minimum absolute atomic E-state index is 0.0877. The van der Waals surface area contributed by atoms with Gasteiger partial charge in [0.1, 0.15) is 6.20 Å². The van der Waals surface area contributed by atoms with Crippen LogP contribution in [0.3, 0.4) is 0 Å². The Morgan fingerprint density at radius 2 is 2.04 bits per heavy atom. The number of aromatic nitrogens is 4. The van der Waals surface area contributed by atoms with Crippen LogP contribution < -0.4 is 10.1 Å². The maximum atomic E-state index is 12.1. The van der Waals surface area contributed by atoms with Crippen molar-refractivity contribution in [2.24, 2.45) is 0 Å². The summed E-state index contributed by atoms with van der Waals surface area (Å²) in [6.07, 6.45) is 4.59. The average Bonchev–Trinajstić information content (AvgIpc) is 3.28. The monoisotopic (exact) mass is 404 g/mol. The summed E-state index contributed by atoms with van der Waals surface area (Å²) in [6.45, 7) is 0.721. The zero-order valence-electron chi connectivity index (χ0n) is 14.9. The molecule has 0 radical (unpaired) electrons. The van der Waals surface area contributed by atoms with E-state index in [-0.39, 0.29) is 30.4 Å². The van der Waals surface area contributed by atoms with Gasteiger partial charge in [-0.3, -0.25) is 24.3 Å². The Balaban J connectivity index is 1.53. The molecule has 0 unspecified atom stereocenters. The van der Waals surface area contributed by atoms with Crippen LogP contribution in [0.5, 0.6) is 5.88 Å². The Bertz CT molecular complexity index is 982. The second-order valence-corrected chi connectivity index (χ2v) is 6.33. The number of rotatable bonds is 8. The van der Waals surface area contributed by atoms with Gasteiger partial charge in [-0.05, 0) is 17.7 Å². The molecule has 0 aliphatic carbocycles. The predicted molar refractivity (Wildman–Crippen MR) is 101 cm³/mol. The summed E-state index contributed by atoms with van der Waals surface area (Å²) in [5, 5.41) is 22.4. The first-order valence-corrected chi connectivity index (χ1v) is 8.65. The van der Waals surface area contributed by atoms with Gasteiger partial charge in [-0.15, -0.1) is 5.10 Å². The fraction of sp³-hybridized carbons (Fsp3) is 0.235. The van der Waals surface area contributed by atoms with E-state index in [9.17, 15) is 14.9 Å². The van der Waals surface area contributed by atoms with E-state index in [4.69, 9.17) is 16.3 Å². The predicted octanol–water partition coefficient (Wildman–Crippen LogP) is 2.73. The number of nitro groups is 1. The summed E-state index contributed by atoms with van der Waals surface area (Å²) in [5.74, 6) is -0.350. The van der Waals surface area contributed by atoms with Gasteiger partial charge in [-0.1, -0.05) is 23.7 Å². The molecule has 11 heteroatoms. The Hall–Kier alpha value is -3.40. The third-order valence-corrected chi connectivity index (χ3v) is 4.09. The van der Waals surface area contributed by atoms with E-state index in [1.165, 1.54) is 18.0 Å². The summed E-state index contributed by atoms with van der Waals surface area (Å²) in [4.78, 5) is 22.4. The molecule has 0 spiro atoms. The summed E-state index contributed by atoms with van der Waals surface area (Å²) in [6, 6.07) is 7.41. The van der Waals surface area contributed by atoms with Crippen molar-refractivity contribution < 1.29 is 14.5 Å². The Labute approximate surface area is 164 Å². The number of methoxy groups -OCH3 is 1. The van der Waals surface area contributed by atoms with Crippen LogP contribution in [0.15, 0.2) is 42.9 Å². The third-order valence-electron chi connectivity index (χ3n) is 3.84. The van der Waals surface area contributed by atoms with Crippen LogP contribution >= 0.6 is 11.6 Å². The molecular formula is C17H17ClN6O4. The number of nitrogens with one attached hydrogen (secondary N) is 1. The van der Waals surface area contributed by atoms with E-state index in [1.807, 2.05) is 12.1 Å². The number of hydrogen-bond acceptors (Lipinski definition) is 6. The van der Waals surface area contributed by atoms with Gasteiger partial charge in [-0.25, -0.2) is 0 Å². The second kappa shape index (κ2) is 8.53. The largest absolute Gasteiger partial charge is 0.475 e. The molecule has 2 heterocycles. The van der Waals surface area contributed by atoms with Crippen LogP contribution in [-0.2, 0) is 17.9 Å². The molecule has 0 saturated heterocycles. The Morgan fingerprint density at radius 3 is 2.68 bits per heavy atom. The highest BCUT2D eigenvalue weighted by atomic mass is 35.5. The zero-order valence-corrected chi connectivity index (χ0v) is 15.7. The van der Waals surface area contributed by atoms with Gasteiger partial charge in [-0.2, -0.15) is 5.10 Å². The highest BCUT2D eigenvalue weighted by molar-refractivity contribution is 6.30. The fourth-order valence-corrected chi connectivity index (χ4v) is 2.64. The number of anilines is 1. The van der Waals surface area contributed by atoms with E-state index >= 15 is 0 Å². The lowest BCUT2D eigenvalue weighted by atomic mass is 10.2. The minimum atomic E-state index is -0.586. The summed E-state index contributed by atoms with van der Waals surface area (Å²) in [7, 11) is 1.30. The van der Waals surface area contributed by atoms with Crippen molar-refractivity contribution in [1.82, 2.24) is 19.6 Å². The molecule has 1 aromatic carbocycles. The molecule has 1 amide bonds. The lowest BCUT2D eigenvalue weighted by Crippen LogP contribution is -2.14. The van der Waals surface area contributed by atoms with Gasteiger partial charge in [0.2, 0.25) is 5.91 Å². The lowest BCUT2D eigenvalue weighted by molar-refractivity contribution is -0.385. The summed E-state index contributed by atoms with van der Waals surface area (Å²) >= 11 is 5.87. The van der Waals surface area contributed by atoms with E-state index in [1.54, 1.807) is 29.2 Å². The second-order valence-electron chi connectivity index (χ2n) is 5.90. The molecule has 0 saturated carbocycles. The molecule has 0 fully saturated rings. The zero-order chi connectivity index (χ0) is 20.1. The first-order valence-electron chi connectivity index (χ1n) is 8.27. The Kier molecular flexibility index (Phi) is 5.90. The summed E-state index contributed by atoms with van der Waals surface area (Å²) in [5.41, 5.74) is 1.34. The minimum Gasteiger partial charge on any atom is -0.475 e. The highest BCUT2D eigenvalue weighted by Crippen LogP contribution is 2.24. The third kappa shape index (κ3) is 4.86. The number of carbonyl (C=O) groups excluding carboxylic acids is 1. The Morgan fingerprint density at radius 1 is 1.29 bits per heavy atom. The number of amides is 1. The molecule has 3 aromatic rings. The van der Waals surface area contributed by atoms with Crippen molar-refractivity contribution in [2.75, 3.05) is 12.4 Å². The molecule has 146 valence electrons. The number of nitrogens with zero attached hydrogens (tertiary/aromatic N) is 5. The first kappa shape index (κ1) is 19.4. The quantitative estimate of drug-likeness (QED) is 0.455.